The van der Waals surface area contributed by atoms with Gasteiger partial charge in [0.25, 0.3) is 5.91 Å². The number of hydrogen-bond donors (Lipinski definition) is 1. The first-order chi connectivity index (χ1) is 12.4. The summed E-state index contributed by atoms with van der Waals surface area (Å²) in [5, 5.41) is 2.67. The van der Waals surface area contributed by atoms with E-state index < -0.39 is 17.6 Å². The van der Waals surface area contributed by atoms with Gasteiger partial charge in [-0.3, -0.25) is 4.79 Å². The maximum absolute atomic E-state index is 12.8. The SMILES string of the molecule is O=C(Nc1ccccc1)c1cccc(Oc2cccc(C(F)(F)F)c2)n1. The lowest BCUT2D eigenvalue weighted by atomic mass is 10.2. The number of pyridine rings is 1. The lowest BCUT2D eigenvalue weighted by molar-refractivity contribution is -0.137. The molecule has 2 aromatic carbocycles. The van der Waals surface area contributed by atoms with Crippen LogP contribution < -0.4 is 10.1 Å². The first-order valence-electron chi connectivity index (χ1n) is 7.60. The fraction of sp³-hybridized carbons (Fsp3) is 0.0526. The Labute approximate surface area is 147 Å². The first-order valence-corrected chi connectivity index (χ1v) is 7.60. The van der Waals surface area contributed by atoms with Gasteiger partial charge in [-0.1, -0.05) is 30.3 Å². The van der Waals surface area contributed by atoms with E-state index in [1.165, 1.54) is 30.3 Å². The third kappa shape index (κ3) is 4.38. The van der Waals surface area contributed by atoms with E-state index in [2.05, 4.69) is 10.3 Å². The lowest BCUT2D eigenvalue weighted by Crippen LogP contribution is -2.13. The third-order valence-electron chi connectivity index (χ3n) is 3.37. The minimum absolute atomic E-state index is 0.0186. The predicted molar refractivity (Wildman–Crippen MR) is 90.2 cm³/mol. The maximum Gasteiger partial charge on any atom is 0.416 e. The number of nitrogens with zero attached hydrogens (tertiary/aromatic N) is 1. The highest BCUT2D eigenvalue weighted by atomic mass is 19.4. The molecule has 0 saturated carbocycles. The van der Waals surface area contributed by atoms with Gasteiger partial charge in [0.05, 0.1) is 5.56 Å². The van der Waals surface area contributed by atoms with Crippen LogP contribution in [0.5, 0.6) is 11.6 Å². The first kappa shape index (κ1) is 17.5. The molecule has 132 valence electrons. The molecule has 1 N–H and O–H groups in total. The van der Waals surface area contributed by atoms with Gasteiger partial charge in [-0.25, -0.2) is 4.98 Å². The Morgan fingerprint density at radius 1 is 0.923 bits per heavy atom. The highest BCUT2D eigenvalue weighted by Gasteiger charge is 2.30. The summed E-state index contributed by atoms with van der Waals surface area (Å²) in [6.45, 7) is 0. The van der Waals surface area contributed by atoms with Gasteiger partial charge in [0.15, 0.2) is 0 Å². The normalized spacial score (nSPS) is 11.0. The Kier molecular flexibility index (Phi) is 4.88. The highest BCUT2D eigenvalue weighted by Crippen LogP contribution is 2.32. The number of alkyl halides is 3. The van der Waals surface area contributed by atoms with Crippen LogP contribution in [-0.2, 0) is 6.18 Å². The molecular weight excluding hydrogens is 345 g/mol. The topological polar surface area (TPSA) is 51.2 Å². The minimum Gasteiger partial charge on any atom is -0.439 e. The van der Waals surface area contributed by atoms with E-state index in [4.69, 9.17) is 4.74 Å². The van der Waals surface area contributed by atoms with E-state index in [9.17, 15) is 18.0 Å². The Balaban J connectivity index is 1.76. The molecule has 3 rings (SSSR count). The average molecular weight is 358 g/mol. The highest BCUT2D eigenvalue weighted by molar-refractivity contribution is 6.02. The Bertz CT molecular complexity index is 912. The fourth-order valence-corrected chi connectivity index (χ4v) is 2.17. The van der Waals surface area contributed by atoms with Crippen molar-refractivity contribution in [2.75, 3.05) is 5.32 Å². The predicted octanol–water partition coefficient (Wildman–Crippen LogP) is 5.15. The van der Waals surface area contributed by atoms with Crippen molar-refractivity contribution in [2.24, 2.45) is 0 Å². The molecule has 0 aliphatic rings. The minimum atomic E-state index is -4.47. The second kappa shape index (κ2) is 7.26. The molecule has 1 aromatic heterocycles. The Morgan fingerprint density at radius 3 is 2.38 bits per heavy atom. The van der Waals surface area contributed by atoms with Crippen molar-refractivity contribution < 1.29 is 22.7 Å². The number of halogens is 3. The Hall–Kier alpha value is -3.35. The molecule has 0 fully saturated rings. The number of benzene rings is 2. The van der Waals surface area contributed by atoms with Crippen molar-refractivity contribution in [2.45, 2.75) is 6.18 Å². The second-order valence-electron chi connectivity index (χ2n) is 5.31. The van der Waals surface area contributed by atoms with Crippen LogP contribution in [-0.4, -0.2) is 10.9 Å². The quantitative estimate of drug-likeness (QED) is 0.702. The maximum atomic E-state index is 12.8. The number of para-hydroxylation sites is 1. The molecule has 0 unspecified atom stereocenters. The molecule has 7 heteroatoms. The van der Waals surface area contributed by atoms with Crippen LogP contribution in [0.3, 0.4) is 0 Å². The number of rotatable bonds is 4. The van der Waals surface area contributed by atoms with Gasteiger partial charge in [-0.05, 0) is 36.4 Å². The van der Waals surface area contributed by atoms with E-state index in [0.29, 0.717) is 5.69 Å². The molecule has 0 aliphatic heterocycles. The molecule has 0 saturated heterocycles. The zero-order valence-corrected chi connectivity index (χ0v) is 13.3. The molecular formula is C19H13F3N2O2. The summed E-state index contributed by atoms with van der Waals surface area (Å²) in [6.07, 6.45) is -4.47. The second-order valence-corrected chi connectivity index (χ2v) is 5.31. The van der Waals surface area contributed by atoms with E-state index in [1.54, 1.807) is 24.3 Å². The van der Waals surface area contributed by atoms with Gasteiger partial charge in [-0.15, -0.1) is 0 Å². The summed E-state index contributed by atoms with van der Waals surface area (Å²) in [6, 6.07) is 17.7. The molecule has 0 radical (unpaired) electrons. The Morgan fingerprint density at radius 2 is 1.65 bits per heavy atom. The molecule has 1 heterocycles. The monoisotopic (exact) mass is 358 g/mol. The molecule has 0 spiro atoms. The van der Waals surface area contributed by atoms with Gasteiger partial charge >= 0.3 is 6.18 Å². The number of anilines is 1. The lowest BCUT2D eigenvalue weighted by Gasteiger charge is -2.10. The van der Waals surface area contributed by atoms with E-state index in [-0.39, 0.29) is 17.3 Å². The van der Waals surface area contributed by atoms with Gasteiger partial charge in [-0.2, -0.15) is 13.2 Å². The average Bonchev–Trinajstić information content (AvgIpc) is 2.62. The van der Waals surface area contributed by atoms with Crippen molar-refractivity contribution in [3.8, 4) is 11.6 Å². The third-order valence-corrected chi connectivity index (χ3v) is 3.37. The number of amides is 1. The van der Waals surface area contributed by atoms with Gasteiger partial charge in [0, 0.05) is 11.8 Å². The van der Waals surface area contributed by atoms with Gasteiger partial charge in [0.2, 0.25) is 5.88 Å². The molecule has 0 atom stereocenters. The van der Waals surface area contributed by atoms with Crippen LogP contribution in [0.4, 0.5) is 18.9 Å². The van der Waals surface area contributed by atoms with E-state index in [1.807, 2.05) is 6.07 Å². The van der Waals surface area contributed by atoms with Crippen LogP contribution in [0.15, 0.2) is 72.8 Å². The smallest absolute Gasteiger partial charge is 0.416 e. The van der Waals surface area contributed by atoms with Crippen molar-refractivity contribution in [1.82, 2.24) is 4.98 Å². The summed E-state index contributed by atoms with van der Waals surface area (Å²) in [5.74, 6) is -0.455. The van der Waals surface area contributed by atoms with Crippen molar-refractivity contribution >= 4 is 11.6 Å². The molecule has 0 bridgehead atoms. The number of nitrogens with one attached hydrogen (secondary N) is 1. The number of carbonyl (C=O) groups is 1. The summed E-state index contributed by atoms with van der Waals surface area (Å²) in [5.41, 5.74) is -0.144. The number of hydrogen-bond acceptors (Lipinski definition) is 3. The van der Waals surface area contributed by atoms with E-state index in [0.717, 1.165) is 12.1 Å². The van der Waals surface area contributed by atoms with Crippen molar-refractivity contribution in [3.63, 3.8) is 0 Å². The van der Waals surface area contributed by atoms with Crippen LogP contribution in [0, 0.1) is 0 Å². The van der Waals surface area contributed by atoms with Gasteiger partial charge < -0.3 is 10.1 Å². The van der Waals surface area contributed by atoms with Crippen molar-refractivity contribution in [1.29, 1.82) is 0 Å². The number of ether oxygens (including phenoxy) is 1. The summed E-state index contributed by atoms with van der Waals surface area (Å²) in [4.78, 5) is 16.3. The standard InChI is InChI=1S/C19H13F3N2O2/c20-19(21,22)13-6-4-9-15(12-13)26-17-11-5-10-16(24-17)18(25)23-14-7-2-1-3-8-14/h1-12H,(H,23,25). The van der Waals surface area contributed by atoms with Crippen LogP contribution in [0.2, 0.25) is 0 Å². The fourth-order valence-electron chi connectivity index (χ4n) is 2.17. The molecule has 3 aromatic rings. The zero-order chi connectivity index (χ0) is 18.6. The molecule has 26 heavy (non-hydrogen) atoms. The van der Waals surface area contributed by atoms with Crippen LogP contribution in [0.1, 0.15) is 16.1 Å². The summed E-state index contributed by atoms with van der Waals surface area (Å²) in [7, 11) is 0. The molecule has 0 aliphatic carbocycles. The zero-order valence-electron chi connectivity index (χ0n) is 13.3. The van der Waals surface area contributed by atoms with Gasteiger partial charge in [0.1, 0.15) is 11.4 Å². The largest absolute Gasteiger partial charge is 0.439 e. The summed E-state index contributed by atoms with van der Waals surface area (Å²) < 4.78 is 43.6. The van der Waals surface area contributed by atoms with Crippen LogP contribution in [0.25, 0.3) is 0 Å². The summed E-state index contributed by atoms with van der Waals surface area (Å²) >= 11 is 0. The number of aromatic nitrogens is 1. The van der Waals surface area contributed by atoms with E-state index >= 15 is 0 Å². The van der Waals surface area contributed by atoms with Crippen molar-refractivity contribution in [3.05, 3.63) is 84.1 Å². The van der Waals surface area contributed by atoms with Crippen LogP contribution >= 0.6 is 0 Å². The number of carbonyl (C=O) groups excluding carboxylic acids is 1. The molecule has 4 nitrogen and oxygen atoms in total. The molecule has 1 amide bonds.